The van der Waals surface area contributed by atoms with Gasteiger partial charge in [-0.05, 0) is 31.7 Å². The van der Waals surface area contributed by atoms with Crippen LogP contribution in [0.3, 0.4) is 0 Å². The van der Waals surface area contributed by atoms with Crippen molar-refractivity contribution in [3.05, 3.63) is 48.0 Å². The van der Waals surface area contributed by atoms with Crippen molar-refractivity contribution >= 4 is 0 Å². The molecule has 0 aliphatic heterocycles. The van der Waals surface area contributed by atoms with E-state index in [9.17, 15) is 5.11 Å². The predicted octanol–water partition coefficient (Wildman–Crippen LogP) is 4.09. The monoisotopic (exact) mass is 262 g/mol. The van der Waals surface area contributed by atoms with Gasteiger partial charge in [-0.15, -0.1) is 0 Å². The summed E-state index contributed by atoms with van der Waals surface area (Å²) < 4.78 is 5.62. The summed E-state index contributed by atoms with van der Waals surface area (Å²) in [5.74, 6) is 0. The number of allylic oxidation sites excluding steroid dienone is 1. The minimum atomic E-state index is -0.179. The lowest BCUT2D eigenvalue weighted by atomic mass is 10.1. The summed E-state index contributed by atoms with van der Waals surface area (Å²) in [5, 5.41) is 9.65. The first-order valence-corrected chi connectivity index (χ1v) is 7.24. The number of benzene rings is 1. The van der Waals surface area contributed by atoms with Crippen molar-refractivity contribution in [2.24, 2.45) is 0 Å². The lowest BCUT2D eigenvalue weighted by molar-refractivity contribution is 0.114. The third-order valence-corrected chi connectivity index (χ3v) is 3.08. The number of aliphatic hydroxyl groups excluding tert-OH is 1. The molecule has 0 radical (unpaired) electrons. The summed E-state index contributed by atoms with van der Waals surface area (Å²) in [6.45, 7) is 3.49. The fourth-order valence-electron chi connectivity index (χ4n) is 1.94. The van der Waals surface area contributed by atoms with Crippen LogP contribution in [-0.4, -0.2) is 17.8 Å². The Kier molecular flexibility index (Phi) is 9.03. The van der Waals surface area contributed by atoms with Gasteiger partial charge in [0, 0.05) is 6.61 Å². The average Bonchev–Trinajstić information content (AvgIpc) is 2.45. The first-order chi connectivity index (χ1) is 9.33. The molecule has 1 aromatic carbocycles. The van der Waals surface area contributed by atoms with E-state index in [0.29, 0.717) is 6.61 Å². The highest BCUT2D eigenvalue weighted by Crippen LogP contribution is 2.08. The Morgan fingerprint density at radius 1 is 1.16 bits per heavy atom. The highest BCUT2D eigenvalue weighted by molar-refractivity contribution is 5.13. The molecular weight excluding hydrogens is 236 g/mol. The third kappa shape index (κ3) is 8.57. The van der Waals surface area contributed by atoms with Crippen molar-refractivity contribution in [2.45, 2.75) is 51.7 Å². The maximum absolute atomic E-state index is 9.65. The van der Waals surface area contributed by atoms with E-state index >= 15 is 0 Å². The Hall–Kier alpha value is -1.12. The number of ether oxygens (including phenoxy) is 1. The standard InChI is InChI=1S/C17H26O2/c1-2-3-12-17(18)13-8-5-9-14-19-15-16-10-6-4-7-11-16/h2-4,6-7,10-11,17-18H,5,8-9,12-15H2,1H3/b3-2+/t17-/m0/s1. The molecule has 0 amide bonds. The minimum absolute atomic E-state index is 0.179. The van der Waals surface area contributed by atoms with Crippen molar-refractivity contribution in [3.8, 4) is 0 Å². The first kappa shape index (κ1) is 15.9. The van der Waals surface area contributed by atoms with Crippen molar-refractivity contribution in [2.75, 3.05) is 6.61 Å². The molecule has 106 valence electrons. The molecule has 0 aliphatic rings. The lowest BCUT2D eigenvalue weighted by Gasteiger charge is -2.08. The van der Waals surface area contributed by atoms with E-state index in [4.69, 9.17) is 4.74 Å². The van der Waals surface area contributed by atoms with Crippen LogP contribution < -0.4 is 0 Å². The molecule has 19 heavy (non-hydrogen) atoms. The number of hydrogen-bond acceptors (Lipinski definition) is 2. The molecule has 0 aliphatic carbocycles. The maximum atomic E-state index is 9.65. The molecule has 0 heterocycles. The van der Waals surface area contributed by atoms with Crippen LogP contribution in [0.15, 0.2) is 42.5 Å². The van der Waals surface area contributed by atoms with Crippen molar-refractivity contribution < 1.29 is 9.84 Å². The second-order valence-electron chi connectivity index (χ2n) is 4.85. The Morgan fingerprint density at radius 3 is 2.68 bits per heavy atom. The highest BCUT2D eigenvalue weighted by atomic mass is 16.5. The van der Waals surface area contributed by atoms with Gasteiger partial charge < -0.3 is 9.84 Å². The Balaban J connectivity index is 1.91. The van der Waals surface area contributed by atoms with Gasteiger partial charge in [0.05, 0.1) is 12.7 Å². The van der Waals surface area contributed by atoms with Gasteiger partial charge in [-0.2, -0.15) is 0 Å². The van der Waals surface area contributed by atoms with Gasteiger partial charge in [-0.3, -0.25) is 0 Å². The smallest absolute Gasteiger partial charge is 0.0716 e. The second-order valence-corrected chi connectivity index (χ2v) is 4.85. The molecule has 2 heteroatoms. The zero-order valence-corrected chi connectivity index (χ0v) is 11.9. The van der Waals surface area contributed by atoms with E-state index in [2.05, 4.69) is 12.1 Å². The summed E-state index contributed by atoms with van der Waals surface area (Å²) in [6, 6.07) is 10.2. The average molecular weight is 262 g/mol. The third-order valence-electron chi connectivity index (χ3n) is 3.08. The van der Waals surface area contributed by atoms with Crippen LogP contribution in [0.1, 0.15) is 44.6 Å². The zero-order chi connectivity index (χ0) is 13.8. The van der Waals surface area contributed by atoms with Gasteiger partial charge in [0.1, 0.15) is 0 Å². The largest absolute Gasteiger partial charge is 0.393 e. The minimum Gasteiger partial charge on any atom is -0.393 e. The van der Waals surface area contributed by atoms with Gasteiger partial charge in [-0.1, -0.05) is 55.3 Å². The van der Waals surface area contributed by atoms with Gasteiger partial charge in [0.25, 0.3) is 0 Å². The summed E-state index contributed by atoms with van der Waals surface area (Å²) in [5.41, 5.74) is 1.23. The van der Waals surface area contributed by atoms with Crippen LogP contribution in [-0.2, 0) is 11.3 Å². The Bertz CT molecular complexity index is 332. The number of aliphatic hydroxyl groups is 1. The zero-order valence-electron chi connectivity index (χ0n) is 11.9. The Labute approximate surface area is 117 Å². The van der Waals surface area contributed by atoms with Gasteiger partial charge in [-0.25, -0.2) is 0 Å². The molecule has 0 aromatic heterocycles. The molecule has 0 spiro atoms. The fraction of sp³-hybridized carbons (Fsp3) is 0.529. The molecule has 0 saturated carbocycles. The van der Waals surface area contributed by atoms with Crippen molar-refractivity contribution in [1.82, 2.24) is 0 Å². The maximum Gasteiger partial charge on any atom is 0.0716 e. The molecule has 0 bridgehead atoms. The predicted molar refractivity (Wildman–Crippen MR) is 80.0 cm³/mol. The van der Waals surface area contributed by atoms with E-state index < -0.39 is 0 Å². The van der Waals surface area contributed by atoms with E-state index in [1.165, 1.54) is 5.56 Å². The molecule has 1 N–H and O–H groups in total. The van der Waals surface area contributed by atoms with E-state index in [1.807, 2.05) is 37.3 Å². The molecule has 1 rings (SSSR count). The van der Waals surface area contributed by atoms with Crippen LogP contribution in [0, 0.1) is 0 Å². The van der Waals surface area contributed by atoms with Gasteiger partial charge in [0.15, 0.2) is 0 Å². The number of unbranched alkanes of at least 4 members (excludes halogenated alkanes) is 2. The highest BCUT2D eigenvalue weighted by Gasteiger charge is 2.00. The van der Waals surface area contributed by atoms with E-state index in [-0.39, 0.29) is 6.10 Å². The van der Waals surface area contributed by atoms with Crippen LogP contribution in [0.25, 0.3) is 0 Å². The second kappa shape index (κ2) is 10.8. The Morgan fingerprint density at radius 2 is 1.95 bits per heavy atom. The molecule has 1 aromatic rings. The van der Waals surface area contributed by atoms with Crippen LogP contribution in [0.5, 0.6) is 0 Å². The molecule has 2 nitrogen and oxygen atoms in total. The normalized spacial score (nSPS) is 12.9. The molecular formula is C17H26O2. The van der Waals surface area contributed by atoms with Crippen molar-refractivity contribution in [3.63, 3.8) is 0 Å². The lowest BCUT2D eigenvalue weighted by Crippen LogP contribution is -2.04. The van der Waals surface area contributed by atoms with Gasteiger partial charge >= 0.3 is 0 Å². The summed E-state index contributed by atoms with van der Waals surface area (Å²) in [4.78, 5) is 0. The van der Waals surface area contributed by atoms with Crippen molar-refractivity contribution in [1.29, 1.82) is 0 Å². The molecule has 0 unspecified atom stereocenters. The van der Waals surface area contributed by atoms with E-state index in [1.54, 1.807) is 0 Å². The summed E-state index contributed by atoms with van der Waals surface area (Å²) >= 11 is 0. The van der Waals surface area contributed by atoms with Gasteiger partial charge in [0.2, 0.25) is 0 Å². The quantitative estimate of drug-likeness (QED) is 0.508. The molecule has 0 fully saturated rings. The topological polar surface area (TPSA) is 29.5 Å². The van der Waals surface area contributed by atoms with E-state index in [0.717, 1.165) is 38.7 Å². The van der Waals surface area contributed by atoms with Crippen LogP contribution >= 0.6 is 0 Å². The summed E-state index contributed by atoms with van der Waals surface area (Å²) in [6.07, 6.45) is 8.78. The van der Waals surface area contributed by atoms with Crippen LogP contribution in [0.4, 0.5) is 0 Å². The SMILES string of the molecule is C/C=C/C[C@H](O)CCCCCOCc1ccccc1. The number of rotatable bonds is 10. The molecule has 1 atom stereocenters. The number of hydrogen-bond donors (Lipinski definition) is 1. The fourth-order valence-corrected chi connectivity index (χ4v) is 1.94. The van der Waals surface area contributed by atoms with Crippen LogP contribution in [0.2, 0.25) is 0 Å². The summed E-state index contributed by atoms with van der Waals surface area (Å²) in [7, 11) is 0. The molecule has 0 saturated heterocycles. The first-order valence-electron chi connectivity index (χ1n) is 7.24.